The molecule has 72 heavy (non-hydrogen) atoms. The van der Waals surface area contributed by atoms with Gasteiger partial charge in [0.25, 0.3) is 0 Å². The van der Waals surface area contributed by atoms with E-state index in [1.54, 1.807) is 6.08 Å². The third-order valence-corrected chi connectivity index (χ3v) is 15.6. The highest BCUT2D eigenvalue weighted by molar-refractivity contribution is 5.76. The number of hydrogen-bond donors (Lipinski definition) is 3. The largest absolute Gasteiger partial charge is 0.466 e. The number of carbonyl (C=O) groups is 2. The molecule has 3 N–H and O–H groups in total. The average molecular weight is 1020 g/mol. The summed E-state index contributed by atoms with van der Waals surface area (Å²) in [6.07, 6.45) is 75.4. The average Bonchev–Trinajstić information content (AvgIpc) is 3.38. The van der Waals surface area contributed by atoms with E-state index in [2.05, 4.69) is 19.2 Å². The van der Waals surface area contributed by atoms with E-state index < -0.39 is 12.1 Å². The van der Waals surface area contributed by atoms with Crippen LogP contribution in [0.25, 0.3) is 0 Å². The van der Waals surface area contributed by atoms with Crippen LogP contribution in [-0.4, -0.2) is 47.4 Å². The summed E-state index contributed by atoms with van der Waals surface area (Å²) in [5, 5.41) is 23.2. The molecule has 0 aliphatic carbocycles. The van der Waals surface area contributed by atoms with E-state index in [1.165, 1.54) is 302 Å². The Balaban J connectivity index is 3.43. The predicted octanol–water partition coefficient (Wildman–Crippen LogP) is 20.8. The zero-order valence-electron chi connectivity index (χ0n) is 48.9. The monoisotopic (exact) mass is 1020 g/mol. The van der Waals surface area contributed by atoms with Gasteiger partial charge in [-0.3, -0.25) is 9.59 Å². The summed E-state index contributed by atoms with van der Waals surface area (Å²) in [5.74, 6) is -0.0629. The molecule has 1 amide bonds. The first-order valence-corrected chi connectivity index (χ1v) is 33.0. The zero-order chi connectivity index (χ0) is 52.2. The summed E-state index contributed by atoms with van der Waals surface area (Å²) < 4.78 is 5.50. The van der Waals surface area contributed by atoms with E-state index >= 15 is 0 Å². The third kappa shape index (κ3) is 57.9. The highest BCUT2D eigenvalue weighted by Crippen LogP contribution is 2.19. The van der Waals surface area contributed by atoms with Gasteiger partial charge in [0.05, 0.1) is 25.4 Å². The second-order valence-electron chi connectivity index (χ2n) is 22.8. The van der Waals surface area contributed by atoms with Crippen LogP contribution in [-0.2, 0) is 14.3 Å². The predicted molar refractivity (Wildman–Crippen MR) is 315 cm³/mol. The number of hydrogen-bond acceptors (Lipinski definition) is 5. The molecule has 0 bridgehead atoms. The van der Waals surface area contributed by atoms with Crippen molar-refractivity contribution in [3.05, 3.63) is 12.2 Å². The maximum atomic E-state index is 12.5. The summed E-state index contributed by atoms with van der Waals surface area (Å²) in [6.45, 7) is 4.93. The van der Waals surface area contributed by atoms with Gasteiger partial charge in [-0.1, -0.05) is 341 Å². The van der Waals surface area contributed by atoms with Crippen molar-refractivity contribution in [1.29, 1.82) is 0 Å². The van der Waals surface area contributed by atoms with E-state index in [9.17, 15) is 19.8 Å². The summed E-state index contributed by atoms with van der Waals surface area (Å²) in [7, 11) is 0. The van der Waals surface area contributed by atoms with E-state index in [1.807, 2.05) is 6.08 Å². The molecular weight excluding hydrogens is 887 g/mol. The Morgan fingerprint density at radius 1 is 0.375 bits per heavy atom. The van der Waals surface area contributed by atoms with Crippen molar-refractivity contribution in [2.75, 3.05) is 13.2 Å². The summed E-state index contributed by atoms with van der Waals surface area (Å²) >= 11 is 0. The van der Waals surface area contributed by atoms with E-state index in [0.717, 1.165) is 44.9 Å². The first kappa shape index (κ1) is 70.6. The van der Waals surface area contributed by atoms with Crippen molar-refractivity contribution in [3.8, 4) is 0 Å². The quantitative estimate of drug-likeness (QED) is 0.0320. The molecule has 0 heterocycles. The first-order chi connectivity index (χ1) is 35.5. The SMILES string of the molecule is CCCCCCCCCCCCCCCCCCCCCC/C=C/C(O)C(CO)NC(=O)CCCCCCCCCCCCCCCCCCOC(=O)CCCCCCCCCCCCCCCCCCC. The topological polar surface area (TPSA) is 95.9 Å². The number of allylic oxidation sites excluding steroid dienone is 1. The minimum absolute atomic E-state index is 0.00730. The Kier molecular flexibility index (Phi) is 60.9. The van der Waals surface area contributed by atoms with Crippen molar-refractivity contribution in [2.45, 2.75) is 386 Å². The minimum atomic E-state index is -0.849. The van der Waals surface area contributed by atoms with E-state index in [-0.39, 0.29) is 18.5 Å². The van der Waals surface area contributed by atoms with Crippen LogP contribution in [0.3, 0.4) is 0 Å². The molecule has 6 nitrogen and oxygen atoms in total. The second-order valence-corrected chi connectivity index (χ2v) is 22.8. The minimum Gasteiger partial charge on any atom is -0.466 e. The van der Waals surface area contributed by atoms with Crippen LogP contribution in [0.5, 0.6) is 0 Å². The lowest BCUT2D eigenvalue weighted by Crippen LogP contribution is -2.45. The molecule has 0 aromatic rings. The Bertz CT molecular complexity index is 1080. The molecule has 0 saturated heterocycles. The maximum absolute atomic E-state index is 12.5. The van der Waals surface area contributed by atoms with Crippen molar-refractivity contribution < 1.29 is 24.5 Å². The van der Waals surface area contributed by atoms with Gasteiger partial charge in [-0.15, -0.1) is 0 Å². The van der Waals surface area contributed by atoms with Crippen LogP contribution in [0.1, 0.15) is 373 Å². The van der Waals surface area contributed by atoms with Crippen LogP contribution in [0.15, 0.2) is 12.2 Å². The van der Waals surface area contributed by atoms with Gasteiger partial charge < -0.3 is 20.3 Å². The van der Waals surface area contributed by atoms with Crippen LogP contribution in [0.2, 0.25) is 0 Å². The molecule has 0 radical (unpaired) electrons. The second kappa shape index (κ2) is 62.1. The van der Waals surface area contributed by atoms with Crippen LogP contribution < -0.4 is 5.32 Å². The van der Waals surface area contributed by atoms with Crippen molar-refractivity contribution in [1.82, 2.24) is 5.32 Å². The summed E-state index contributed by atoms with van der Waals surface area (Å²) in [5.41, 5.74) is 0. The fourth-order valence-electron chi connectivity index (χ4n) is 10.5. The van der Waals surface area contributed by atoms with Crippen molar-refractivity contribution in [2.24, 2.45) is 0 Å². The van der Waals surface area contributed by atoms with Crippen molar-refractivity contribution >= 4 is 11.9 Å². The van der Waals surface area contributed by atoms with Gasteiger partial charge in [-0.25, -0.2) is 0 Å². The normalized spacial score (nSPS) is 12.6. The number of aliphatic hydroxyl groups excluding tert-OH is 2. The van der Waals surface area contributed by atoms with Crippen LogP contribution in [0, 0.1) is 0 Å². The molecule has 6 heteroatoms. The number of esters is 1. The van der Waals surface area contributed by atoms with Gasteiger partial charge in [0, 0.05) is 12.8 Å². The molecule has 0 fully saturated rings. The number of unbranched alkanes of at least 4 members (excludes halogenated alkanes) is 51. The van der Waals surface area contributed by atoms with Gasteiger partial charge in [0.15, 0.2) is 0 Å². The molecule has 0 saturated carbocycles. The van der Waals surface area contributed by atoms with Gasteiger partial charge in [0.2, 0.25) is 5.91 Å². The molecule has 0 aromatic carbocycles. The lowest BCUT2D eigenvalue weighted by atomic mass is 10.0. The maximum Gasteiger partial charge on any atom is 0.305 e. The smallest absolute Gasteiger partial charge is 0.305 e. The van der Waals surface area contributed by atoms with Gasteiger partial charge in [0.1, 0.15) is 0 Å². The highest BCUT2D eigenvalue weighted by atomic mass is 16.5. The lowest BCUT2D eigenvalue weighted by Gasteiger charge is -2.20. The number of aliphatic hydroxyl groups is 2. The number of ether oxygens (including phenoxy) is 1. The summed E-state index contributed by atoms with van der Waals surface area (Å²) in [6, 6.07) is -0.633. The Morgan fingerprint density at radius 3 is 0.944 bits per heavy atom. The van der Waals surface area contributed by atoms with Gasteiger partial charge >= 0.3 is 5.97 Å². The molecule has 2 unspecified atom stereocenters. The van der Waals surface area contributed by atoms with E-state index in [4.69, 9.17) is 4.74 Å². The molecule has 0 aliphatic heterocycles. The molecule has 0 aliphatic rings. The zero-order valence-corrected chi connectivity index (χ0v) is 48.9. The lowest BCUT2D eigenvalue weighted by molar-refractivity contribution is -0.143. The molecule has 428 valence electrons. The highest BCUT2D eigenvalue weighted by Gasteiger charge is 2.18. The third-order valence-electron chi connectivity index (χ3n) is 15.6. The number of amides is 1. The number of nitrogens with one attached hydrogen (secondary N) is 1. The summed E-state index contributed by atoms with van der Waals surface area (Å²) in [4.78, 5) is 24.6. The Labute approximate surface area is 450 Å². The number of rotatable bonds is 62. The van der Waals surface area contributed by atoms with Crippen molar-refractivity contribution in [3.63, 3.8) is 0 Å². The Hall–Kier alpha value is -1.40. The van der Waals surface area contributed by atoms with Crippen LogP contribution in [0.4, 0.5) is 0 Å². The van der Waals surface area contributed by atoms with Crippen LogP contribution >= 0.6 is 0 Å². The standard InChI is InChI=1S/C66H129NO5/c1-3-5-7-9-11-13-15-17-19-21-22-23-24-25-27-30-34-38-42-46-50-54-58-64(69)63(62-68)67-65(70)59-55-51-47-43-39-35-31-28-29-33-37-41-45-49-53-57-61-72-66(71)60-56-52-48-44-40-36-32-26-20-18-16-14-12-10-8-6-4-2/h54,58,63-64,68-69H,3-53,55-57,59-62H2,1-2H3,(H,67,70)/b58-54+. The molecule has 0 aromatic heterocycles. The fraction of sp³-hybridized carbons (Fsp3) is 0.939. The van der Waals surface area contributed by atoms with Gasteiger partial charge in [-0.2, -0.15) is 0 Å². The first-order valence-electron chi connectivity index (χ1n) is 33.0. The number of carbonyl (C=O) groups excluding carboxylic acids is 2. The molecular formula is C66H129NO5. The molecule has 0 rings (SSSR count). The Morgan fingerprint density at radius 2 is 0.639 bits per heavy atom. The fourth-order valence-corrected chi connectivity index (χ4v) is 10.5. The van der Waals surface area contributed by atoms with E-state index in [0.29, 0.717) is 19.4 Å². The molecule has 2 atom stereocenters. The van der Waals surface area contributed by atoms with Gasteiger partial charge in [-0.05, 0) is 32.1 Å². The molecule has 0 spiro atoms.